The molecule has 0 saturated heterocycles. The molecule has 0 aliphatic heterocycles. The molecule has 0 atom stereocenters. The van der Waals surface area contributed by atoms with Crippen molar-refractivity contribution in [3.05, 3.63) is 60.0 Å². The van der Waals surface area contributed by atoms with Crippen LogP contribution < -0.4 is 16.0 Å². The second-order valence-electron chi connectivity index (χ2n) is 7.28. The summed E-state index contributed by atoms with van der Waals surface area (Å²) in [5, 5.41) is 12.8. The maximum atomic E-state index is 13.9. The number of aryl methyl sites for hydroxylation is 1. The summed E-state index contributed by atoms with van der Waals surface area (Å²) in [4.78, 5) is 20.9. The van der Waals surface area contributed by atoms with Gasteiger partial charge in [-0.3, -0.25) is 0 Å². The van der Waals surface area contributed by atoms with E-state index in [-0.39, 0.29) is 0 Å². The normalized spacial score (nSPS) is 11.5. The molecular weight excluding hydrogens is 454 g/mol. The average Bonchev–Trinajstić information content (AvgIpc) is 3.11. The molecule has 8 nitrogen and oxygen atoms in total. The molecule has 2 aromatic heterocycles. The molecule has 0 aliphatic rings. The molecule has 0 radical (unpaired) electrons. The minimum absolute atomic E-state index is 0.347. The largest absolute Gasteiger partial charge is 0.416 e. The van der Waals surface area contributed by atoms with Gasteiger partial charge in [-0.1, -0.05) is 12.1 Å². The molecule has 34 heavy (non-hydrogen) atoms. The van der Waals surface area contributed by atoms with Gasteiger partial charge in [-0.15, -0.1) is 0 Å². The molecule has 2 amide bonds. The number of amides is 2. The summed E-state index contributed by atoms with van der Waals surface area (Å²) in [6, 6.07) is 7.49. The highest BCUT2D eigenvalue weighted by Crippen LogP contribution is 2.32. The van der Waals surface area contributed by atoms with Crippen LogP contribution in [0.3, 0.4) is 0 Å². The lowest BCUT2D eigenvalue weighted by Gasteiger charge is -2.12. The van der Waals surface area contributed by atoms with E-state index in [9.17, 15) is 22.4 Å². The van der Waals surface area contributed by atoms with Gasteiger partial charge in [-0.25, -0.2) is 18.9 Å². The molecule has 176 valence electrons. The molecule has 0 saturated carbocycles. The van der Waals surface area contributed by atoms with E-state index in [1.165, 1.54) is 0 Å². The van der Waals surface area contributed by atoms with Crippen LogP contribution in [0.15, 0.2) is 48.7 Å². The van der Waals surface area contributed by atoms with Crippen LogP contribution in [0.1, 0.15) is 12.5 Å². The molecule has 0 fully saturated rings. The van der Waals surface area contributed by atoms with Crippen molar-refractivity contribution in [2.24, 2.45) is 7.05 Å². The Bertz CT molecular complexity index is 1350. The summed E-state index contributed by atoms with van der Waals surface area (Å²) in [6.07, 6.45) is -2.99. The van der Waals surface area contributed by atoms with Crippen molar-refractivity contribution >= 4 is 34.4 Å². The van der Waals surface area contributed by atoms with Crippen LogP contribution in [0, 0.1) is 5.82 Å². The number of alkyl halides is 3. The van der Waals surface area contributed by atoms with Crippen LogP contribution in [0.2, 0.25) is 0 Å². The lowest BCUT2D eigenvalue weighted by molar-refractivity contribution is -0.137. The number of benzene rings is 2. The lowest BCUT2D eigenvalue weighted by atomic mass is 10.1. The first-order valence-electron chi connectivity index (χ1n) is 10.1. The van der Waals surface area contributed by atoms with Gasteiger partial charge in [-0.2, -0.15) is 23.3 Å². The van der Waals surface area contributed by atoms with E-state index in [1.54, 1.807) is 42.2 Å². The van der Waals surface area contributed by atoms with Gasteiger partial charge in [0.1, 0.15) is 11.5 Å². The molecule has 0 bridgehead atoms. The number of aromatic nitrogens is 4. The van der Waals surface area contributed by atoms with Crippen LogP contribution in [0.4, 0.5) is 39.7 Å². The summed E-state index contributed by atoms with van der Waals surface area (Å²) in [5.74, 6) is -0.493. The van der Waals surface area contributed by atoms with Crippen LogP contribution in [-0.2, 0) is 13.2 Å². The van der Waals surface area contributed by atoms with Crippen LogP contribution in [0.5, 0.6) is 0 Å². The maximum absolute atomic E-state index is 13.9. The Morgan fingerprint density at radius 2 is 1.82 bits per heavy atom. The van der Waals surface area contributed by atoms with Gasteiger partial charge in [0, 0.05) is 31.0 Å². The molecule has 3 N–H and O–H groups in total. The van der Waals surface area contributed by atoms with E-state index in [0.717, 1.165) is 10.9 Å². The third-order valence-electron chi connectivity index (χ3n) is 4.87. The Kier molecular flexibility index (Phi) is 6.05. The molecule has 4 aromatic rings. The number of urea groups is 1. The third kappa shape index (κ3) is 4.75. The highest BCUT2D eigenvalue weighted by molar-refractivity contribution is 6.00. The number of fused-ring (bicyclic) bond motifs is 1. The number of halogens is 4. The Hall–Kier alpha value is -4.22. The van der Waals surface area contributed by atoms with Crippen molar-refractivity contribution in [2.45, 2.75) is 13.1 Å². The number of hydrogen-bond acceptors (Lipinski definition) is 5. The molecule has 2 aromatic carbocycles. The lowest BCUT2D eigenvalue weighted by Crippen LogP contribution is -2.20. The Morgan fingerprint density at radius 1 is 1.09 bits per heavy atom. The fraction of sp³-hybridized carbons (Fsp3) is 0.182. The standard InChI is InChI=1S/C22H19F4N7O/c1-3-27-20-28-11-15-18(32-33(2)19(15)31-20)12-4-7-14(8-5-12)29-21(34)30-17-10-13(22(24,25)26)6-9-16(17)23/h4-11H,3H2,1-2H3,(H,27,28,31)(H2,29,30,34). The molecule has 0 aliphatic carbocycles. The number of carbonyl (C=O) groups excluding carboxylic acids is 1. The number of carbonyl (C=O) groups is 1. The van der Waals surface area contributed by atoms with Gasteiger partial charge in [0.25, 0.3) is 0 Å². The Balaban J connectivity index is 1.50. The van der Waals surface area contributed by atoms with Gasteiger partial charge in [-0.05, 0) is 37.3 Å². The molecular formula is C22H19F4N7O. The number of rotatable bonds is 5. The second kappa shape index (κ2) is 8.96. The van der Waals surface area contributed by atoms with E-state index >= 15 is 0 Å². The van der Waals surface area contributed by atoms with Crippen LogP contribution >= 0.6 is 0 Å². The first kappa shape index (κ1) is 23.0. The smallest absolute Gasteiger partial charge is 0.354 e. The second-order valence-corrected chi connectivity index (χ2v) is 7.28. The van der Waals surface area contributed by atoms with Crippen molar-refractivity contribution in [1.29, 1.82) is 0 Å². The topological polar surface area (TPSA) is 96.8 Å². The summed E-state index contributed by atoms with van der Waals surface area (Å²) >= 11 is 0. The van der Waals surface area contributed by atoms with Crippen molar-refractivity contribution in [1.82, 2.24) is 19.7 Å². The SMILES string of the molecule is CCNc1ncc2c(-c3ccc(NC(=O)Nc4cc(C(F)(F)F)ccc4F)cc3)nn(C)c2n1. The monoisotopic (exact) mass is 473 g/mol. The summed E-state index contributed by atoms with van der Waals surface area (Å²) in [5.41, 5.74) is 0.714. The highest BCUT2D eigenvalue weighted by Gasteiger charge is 2.31. The maximum Gasteiger partial charge on any atom is 0.416 e. The van der Waals surface area contributed by atoms with Crippen molar-refractivity contribution < 1.29 is 22.4 Å². The zero-order valence-corrected chi connectivity index (χ0v) is 18.0. The zero-order chi connectivity index (χ0) is 24.5. The molecule has 4 rings (SSSR count). The van der Waals surface area contributed by atoms with E-state index in [0.29, 0.717) is 47.7 Å². The third-order valence-corrected chi connectivity index (χ3v) is 4.87. The zero-order valence-electron chi connectivity index (χ0n) is 18.0. The molecule has 2 heterocycles. The van der Waals surface area contributed by atoms with Crippen LogP contribution in [-0.4, -0.2) is 32.3 Å². The Morgan fingerprint density at radius 3 is 2.50 bits per heavy atom. The predicted molar refractivity (Wildman–Crippen MR) is 120 cm³/mol. The van der Waals surface area contributed by atoms with Crippen molar-refractivity contribution in [3.63, 3.8) is 0 Å². The number of hydrogen-bond donors (Lipinski definition) is 3. The van der Waals surface area contributed by atoms with Crippen molar-refractivity contribution in [2.75, 3.05) is 22.5 Å². The predicted octanol–water partition coefficient (Wildman–Crippen LogP) is 5.26. The number of anilines is 3. The minimum Gasteiger partial charge on any atom is -0.354 e. The first-order chi connectivity index (χ1) is 16.2. The number of nitrogens with zero attached hydrogens (tertiary/aromatic N) is 4. The summed E-state index contributed by atoms with van der Waals surface area (Å²) in [6.45, 7) is 2.62. The van der Waals surface area contributed by atoms with Gasteiger partial charge >= 0.3 is 12.2 Å². The van der Waals surface area contributed by atoms with Crippen LogP contribution in [0.25, 0.3) is 22.3 Å². The van der Waals surface area contributed by atoms with E-state index < -0.39 is 29.3 Å². The molecule has 12 heteroatoms. The molecule has 0 spiro atoms. The fourth-order valence-electron chi connectivity index (χ4n) is 3.29. The van der Waals surface area contributed by atoms with E-state index in [4.69, 9.17) is 0 Å². The Labute approximate surface area is 191 Å². The highest BCUT2D eigenvalue weighted by atomic mass is 19.4. The van der Waals surface area contributed by atoms with Crippen molar-refractivity contribution in [3.8, 4) is 11.3 Å². The molecule has 0 unspecified atom stereocenters. The first-order valence-corrected chi connectivity index (χ1v) is 10.1. The van der Waals surface area contributed by atoms with Gasteiger partial charge in [0.05, 0.1) is 16.6 Å². The summed E-state index contributed by atoms with van der Waals surface area (Å²) < 4.78 is 54.0. The minimum atomic E-state index is -4.66. The van der Waals surface area contributed by atoms with E-state index in [1.807, 2.05) is 6.92 Å². The summed E-state index contributed by atoms with van der Waals surface area (Å²) in [7, 11) is 1.77. The van der Waals surface area contributed by atoms with Gasteiger partial charge in [0.15, 0.2) is 5.65 Å². The number of nitrogens with one attached hydrogen (secondary N) is 3. The van der Waals surface area contributed by atoms with Gasteiger partial charge in [0.2, 0.25) is 5.95 Å². The quantitative estimate of drug-likeness (QED) is 0.344. The fourth-order valence-corrected chi connectivity index (χ4v) is 3.29. The van der Waals surface area contributed by atoms with Gasteiger partial charge < -0.3 is 16.0 Å². The van der Waals surface area contributed by atoms with E-state index in [2.05, 4.69) is 31.0 Å². The average molecular weight is 473 g/mol.